The first-order valence-electron chi connectivity index (χ1n) is 6.22. The zero-order valence-electron chi connectivity index (χ0n) is 10.5. The van der Waals surface area contributed by atoms with Crippen LogP contribution in [0.25, 0.3) is 0 Å². The lowest BCUT2D eigenvalue weighted by atomic mass is 9.78. The molecule has 98 valence electrons. The van der Waals surface area contributed by atoms with E-state index in [0.717, 1.165) is 30.4 Å². The fourth-order valence-electron chi connectivity index (χ4n) is 2.74. The number of benzene rings is 2. The average molecular weight is 318 g/mol. The number of fused-ring (bicyclic) bond motifs is 1. The van der Waals surface area contributed by atoms with Crippen molar-refractivity contribution in [3.05, 3.63) is 71.3 Å². The van der Waals surface area contributed by atoms with Gasteiger partial charge in [0.15, 0.2) is 0 Å². The molecule has 2 aromatic rings. The SMILES string of the molecule is Br.O=CC1(c2ccccc2)NCCc2ccccc21. The third kappa shape index (κ3) is 2.24. The molecule has 1 N–H and O–H groups in total. The molecule has 0 radical (unpaired) electrons. The zero-order valence-corrected chi connectivity index (χ0v) is 12.2. The summed E-state index contributed by atoms with van der Waals surface area (Å²) < 4.78 is 0. The number of carbonyl (C=O) groups excluding carboxylic acids is 1. The molecule has 0 saturated carbocycles. The van der Waals surface area contributed by atoms with Gasteiger partial charge in [0.1, 0.15) is 11.8 Å². The standard InChI is InChI=1S/C16H15NO.BrH/c18-12-16(14-7-2-1-3-8-14)15-9-5-4-6-13(15)10-11-17-16;/h1-9,12,17H,10-11H2;1H. The van der Waals surface area contributed by atoms with Crippen molar-refractivity contribution in [3.63, 3.8) is 0 Å². The van der Waals surface area contributed by atoms with Crippen molar-refractivity contribution in [2.24, 2.45) is 0 Å². The maximum absolute atomic E-state index is 11.8. The van der Waals surface area contributed by atoms with Gasteiger partial charge in [-0.25, -0.2) is 0 Å². The van der Waals surface area contributed by atoms with Gasteiger partial charge < -0.3 is 4.79 Å². The minimum Gasteiger partial charge on any atom is -0.301 e. The second-order valence-electron chi connectivity index (χ2n) is 4.63. The molecule has 1 aliphatic heterocycles. The van der Waals surface area contributed by atoms with E-state index in [-0.39, 0.29) is 17.0 Å². The highest BCUT2D eigenvalue weighted by Crippen LogP contribution is 2.33. The monoisotopic (exact) mass is 317 g/mol. The molecule has 1 unspecified atom stereocenters. The fraction of sp³-hybridized carbons (Fsp3) is 0.188. The van der Waals surface area contributed by atoms with Crippen molar-refractivity contribution in [1.82, 2.24) is 5.32 Å². The van der Waals surface area contributed by atoms with Crippen LogP contribution in [0.3, 0.4) is 0 Å². The van der Waals surface area contributed by atoms with Gasteiger partial charge in [-0.15, -0.1) is 17.0 Å². The molecule has 0 saturated heterocycles. The van der Waals surface area contributed by atoms with Crippen LogP contribution in [0, 0.1) is 0 Å². The van der Waals surface area contributed by atoms with Gasteiger partial charge in [0.05, 0.1) is 0 Å². The highest BCUT2D eigenvalue weighted by Gasteiger charge is 2.37. The summed E-state index contributed by atoms with van der Waals surface area (Å²) in [5.41, 5.74) is 2.66. The van der Waals surface area contributed by atoms with Crippen molar-refractivity contribution >= 4 is 23.3 Å². The summed E-state index contributed by atoms with van der Waals surface area (Å²) in [4.78, 5) is 11.8. The van der Waals surface area contributed by atoms with Crippen molar-refractivity contribution in [2.45, 2.75) is 12.0 Å². The number of rotatable bonds is 2. The Morgan fingerprint density at radius 1 is 1.00 bits per heavy atom. The third-order valence-electron chi connectivity index (χ3n) is 3.65. The van der Waals surface area contributed by atoms with E-state index in [2.05, 4.69) is 11.4 Å². The number of carbonyl (C=O) groups is 1. The number of halogens is 1. The van der Waals surface area contributed by atoms with E-state index < -0.39 is 5.54 Å². The third-order valence-corrected chi connectivity index (χ3v) is 3.65. The lowest BCUT2D eigenvalue weighted by molar-refractivity contribution is -0.112. The molecule has 0 amide bonds. The summed E-state index contributed by atoms with van der Waals surface area (Å²) in [6, 6.07) is 18.1. The first kappa shape index (κ1) is 14.0. The van der Waals surface area contributed by atoms with Crippen LogP contribution in [-0.2, 0) is 16.8 Å². The molecule has 0 spiro atoms. The Balaban J connectivity index is 0.00000133. The maximum Gasteiger partial charge on any atom is 0.149 e. The Bertz CT molecular complexity index is 570. The van der Waals surface area contributed by atoms with Crippen LogP contribution in [-0.4, -0.2) is 12.8 Å². The van der Waals surface area contributed by atoms with E-state index >= 15 is 0 Å². The van der Waals surface area contributed by atoms with Crippen molar-refractivity contribution < 1.29 is 4.79 Å². The van der Waals surface area contributed by atoms with Gasteiger partial charge >= 0.3 is 0 Å². The van der Waals surface area contributed by atoms with Crippen LogP contribution < -0.4 is 5.32 Å². The van der Waals surface area contributed by atoms with Crippen LogP contribution >= 0.6 is 17.0 Å². The molecule has 0 aliphatic carbocycles. The van der Waals surface area contributed by atoms with Gasteiger partial charge in [-0.05, 0) is 23.1 Å². The second kappa shape index (κ2) is 5.68. The number of aldehydes is 1. The van der Waals surface area contributed by atoms with Crippen LogP contribution in [0.4, 0.5) is 0 Å². The molecule has 19 heavy (non-hydrogen) atoms. The summed E-state index contributed by atoms with van der Waals surface area (Å²) in [5.74, 6) is 0. The largest absolute Gasteiger partial charge is 0.301 e. The first-order chi connectivity index (χ1) is 8.87. The lowest BCUT2D eigenvalue weighted by Gasteiger charge is -2.36. The highest BCUT2D eigenvalue weighted by molar-refractivity contribution is 8.93. The van der Waals surface area contributed by atoms with E-state index in [1.807, 2.05) is 48.5 Å². The quantitative estimate of drug-likeness (QED) is 0.863. The number of hydrogen-bond acceptors (Lipinski definition) is 2. The van der Waals surface area contributed by atoms with Gasteiger partial charge in [0, 0.05) is 6.54 Å². The summed E-state index contributed by atoms with van der Waals surface area (Å²) >= 11 is 0. The van der Waals surface area contributed by atoms with Crippen molar-refractivity contribution in [1.29, 1.82) is 0 Å². The van der Waals surface area contributed by atoms with Crippen molar-refractivity contribution in [3.8, 4) is 0 Å². The Morgan fingerprint density at radius 2 is 1.68 bits per heavy atom. The van der Waals surface area contributed by atoms with Gasteiger partial charge in [0.2, 0.25) is 0 Å². The summed E-state index contributed by atoms with van der Waals surface area (Å²) in [5, 5.41) is 3.39. The molecule has 1 aliphatic rings. The summed E-state index contributed by atoms with van der Waals surface area (Å²) in [6.07, 6.45) is 2.00. The maximum atomic E-state index is 11.8. The molecule has 1 heterocycles. The average Bonchev–Trinajstić information content (AvgIpc) is 2.47. The summed E-state index contributed by atoms with van der Waals surface area (Å²) in [7, 11) is 0. The van der Waals surface area contributed by atoms with Crippen LogP contribution in [0.1, 0.15) is 16.7 Å². The molecule has 3 heteroatoms. The second-order valence-corrected chi connectivity index (χ2v) is 4.63. The smallest absolute Gasteiger partial charge is 0.149 e. The molecule has 1 atom stereocenters. The normalized spacial score (nSPS) is 21.1. The molecule has 2 aromatic carbocycles. The Morgan fingerprint density at radius 3 is 2.42 bits per heavy atom. The molecule has 0 aromatic heterocycles. The Kier molecular flexibility index (Phi) is 4.17. The number of hydrogen-bond donors (Lipinski definition) is 1. The molecular formula is C16H16BrNO. The van der Waals surface area contributed by atoms with Gasteiger partial charge in [-0.1, -0.05) is 54.6 Å². The highest BCUT2D eigenvalue weighted by atomic mass is 79.9. The topological polar surface area (TPSA) is 29.1 Å². The van der Waals surface area contributed by atoms with Crippen LogP contribution in [0.2, 0.25) is 0 Å². The van der Waals surface area contributed by atoms with E-state index in [1.165, 1.54) is 5.56 Å². The molecule has 2 nitrogen and oxygen atoms in total. The van der Waals surface area contributed by atoms with Crippen molar-refractivity contribution in [2.75, 3.05) is 6.54 Å². The molecule has 0 bridgehead atoms. The van der Waals surface area contributed by atoms with E-state index in [0.29, 0.717) is 0 Å². The van der Waals surface area contributed by atoms with Gasteiger partial charge in [-0.3, -0.25) is 5.32 Å². The molecule has 3 rings (SSSR count). The van der Waals surface area contributed by atoms with Gasteiger partial charge in [0.25, 0.3) is 0 Å². The van der Waals surface area contributed by atoms with E-state index in [9.17, 15) is 4.79 Å². The first-order valence-corrected chi connectivity index (χ1v) is 6.22. The minimum atomic E-state index is -0.684. The predicted octanol–water partition coefficient (Wildman–Crippen LogP) is 2.85. The summed E-state index contributed by atoms with van der Waals surface area (Å²) in [6.45, 7) is 0.824. The molecule has 0 fully saturated rings. The molecular weight excluding hydrogens is 302 g/mol. The van der Waals surface area contributed by atoms with E-state index in [1.54, 1.807) is 0 Å². The van der Waals surface area contributed by atoms with Gasteiger partial charge in [-0.2, -0.15) is 0 Å². The van der Waals surface area contributed by atoms with Crippen LogP contribution in [0.15, 0.2) is 54.6 Å². The lowest BCUT2D eigenvalue weighted by Crippen LogP contribution is -2.49. The predicted molar refractivity (Wildman–Crippen MR) is 81.8 cm³/mol. The Labute approximate surface area is 123 Å². The minimum absolute atomic E-state index is 0. The van der Waals surface area contributed by atoms with Crippen LogP contribution in [0.5, 0.6) is 0 Å². The zero-order chi connectivity index (χ0) is 12.4. The Hall–Kier alpha value is -1.45. The van der Waals surface area contributed by atoms with E-state index in [4.69, 9.17) is 0 Å². The number of nitrogens with one attached hydrogen (secondary N) is 1. The fourth-order valence-corrected chi connectivity index (χ4v) is 2.74.